The maximum atomic E-state index is 12.1. The lowest BCUT2D eigenvalue weighted by atomic mass is 9.92. The monoisotopic (exact) mass is 486 g/mol. The number of thiocarbonyl (C=S) groups is 1. The molecule has 7 nitrogen and oxygen atoms in total. The molecule has 2 aliphatic heterocycles. The minimum atomic E-state index is -0.550. The number of benzene rings is 2. The Kier molecular flexibility index (Phi) is 7.69. The minimum absolute atomic E-state index is 0.306. The molecule has 0 aromatic heterocycles. The predicted molar refractivity (Wildman–Crippen MR) is 131 cm³/mol. The van der Waals surface area contributed by atoms with E-state index in [-0.39, 0.29) is 0 Å². The molecule has 0 aliphatic carbocycles. The van der Waals surface area contributed by atoms with Crippen LogP contribution in [0.25, 0.3) is 0 Å². The number of alkyl carbamates (subject to hydrolysis) is 1. The number of carbonyl (C=O) groups is 1. The van der Waals surface area contributed by atoms with Gasteiger partial charge in [-0.25, -0.2) is 10.3 Å². The summed E-state index contributed by atoms with van der Waals surface area (Å²) in [5, 5.41) is 7.47. The van der Waals surface area contributed by atoms with Crippen LogP contribution < -0.4 is 16.1 Å². The molecule has 33 heavy (non-hydrogen) atoms. The molecular weight excluding hydrogens is 460 g/mol. The van der Waals surface area contributed by atoms with E-state index >= 15 is 0 Å². The Hall–Kier alpha value is -2.81. The molecule has 0 atom stereocenters. The fourth-order valence-electron chi connectivity index (χ4n) is 3.82. The third kappa shape index (κ3) is 6.60. The number of likely N-dealkylation sites (tertiary alicyclic amines) is 1. The Bertz CT molecular complexity index is 993. The topological polar surface area (TPSA) is 74.9 Å². The van der Waals surface area contributed by atoms with Crippen LogP contribution in [0.15, 0.2) is 66.6 Å². The number of halogens is 1. The van der Waals surface area contributed by atoms with Crippen LogP contribution in [0.1, 0.15) is 24.0 Å². The first kappa shape index (κ1) is 23.4. The quantitative estimate of drug-likeness (QED) is 0.535. The molecule has 2 aromatic carbocycles. The molecule has 1 fully saturated rings. The van der Waals surface area contributed by atoms with E-state index in [2.05, 4.69) is 33.1 Å². The lowest BCUT2D eigenvalue weighted by Crippen LogP contribution is -2.50. The maximum Gasteiger partial charge on any atom is 0.414 e. The Morgan fingerprint density at radius 2 is 1.82 bits per heavy atom. The number of carbonyl (C=O) groups excluding carboxylic acids is 1. The van der Waals surface area contributed by atoms with Crippen LogP contribution in [0.3, 0.4) is 0 Å². The number of ether oxygens (including phenoxy) is 1. The highest BCUT2D eigenvalue weighted by atomic mass is 35.5. The van der Waals surface area contributed by atoms with Crippen LogP contribution >= 0.6 is 23.8 Å². The fraction of sp³-hybridized carbons (Fsp3) is 0.333. The third-order valence-electron chi connectivity index (χ3n) is 5.73. The Morgan fingerprint density at radius 1 is 1.09 bits per heavy atom. The molecule has 1 spiro atoms. The summed E-state index contributed by atoms with van der Waals surface area (Å²) in [7, 11) is 0. The second-order valence-corrected chi connectivity index (χ2v) is 8.92. The van der Waals surface area contributed by atoms with Gasteiger partial charge in [0.25, 0.3) is 0 Å². The number of nitrogens with zero attached hydrogens (tertiary/aromatic N) is 1. The van der Waals surface area contributed by atoms with E-state index in [1.165, 1.54) is 5.56 Å². The molecule has 3 N–H and O–H groups in total. The molecule has 0 radical (unpaired) electrons. The lowest BCUT2D eigenvalue weighted by Gasteiger charge is -2.37. The van der Waals surface area contributed by atoms with Crippen molar-refractivity contribution in [2.75, 3.05) is 19.6 Å². The third-order valence-corrected chi connectivity index (χ3v) is 6.39. The molecule has 174 valence electrons. The molecule has 9 heteroatoms. The van der Waals surface area contributed by atoms with Gasteiger partial charge in [0, 0.05) is 50.1 Å². The van der Waals surface area contributed by atoms with Crippen molar-refractivity contribution in [1.29, 1.82) is 0 Å². The van der Waals surface area contributed by atoms with Gasteiger partial charge >= 0.3 is 6.09 Å². The zero-order valence-electron chi connectivity index (χ0n) is 18.2. The highest BCUT2D eigenvalue weighted by molar-refractivity contribution is 7.80. The SMILES string of the molecule is O=C(NCc1ccc(Cl)cc1)OC1=CC2(CCN(C(=S)NCCc3ccccc3)CC2)ON1. The molecule has 1 saturated heterocycles. The number of hydrogen-bond donors (Lipinski definition) is 3. The van der Waals surface area contributed by atoms with Crippen molar-refractivity contribution in [2.24, 2.45) is 0 Å². The standard InChI is InChI=1S/C24H27ClN4O3S/c25-20-8-6-19(7-9-20)17-27-23(30)31-21-16-24(32-28-21)11-14-29(15-12-24)22(33)26-13-10-18-4-2-1-3-5-18/h1-9,16,28H,10-15,17H2,(H,26,33)(H,27,30). The maximum absolute atomic E-state index is 12.1. The smallest absolute Gasteiger partial charge is 0.392 e. The first-order chi connectivity index (χ1) is 16.0. The highest BCUT2D eigenvalue weighted by Crippen LogP contribution is 2.32. The molecule has 2 heterocycles. The van der Waals surface area contributed by atoms with Gasteiger partial charge in [0.1, 0.15) is 5.60 Å². The number of nitrogens with one attached hydrogen (secondary N) is 3. The van der Waals surface area contributed by atoms with Gasteiger partial charge in [-0.15, -0.1) is 0 Å². The number of hydrogen-bond acceptors (Lipinski definition) is 5. The van der Waals surface area contributed by atoms with Gasteiger partial charge < -0.3 is 20.3 Å². The molecule has 2 aliphatic rings. The van der Waals surface area contributed by atoms with Gasteiger partial charge in [-0.1, -0.05) is 54.1 Å². The molecule has 0 unspecified atom stereocenters. The average Bonchev–Trinajstić information content (AvgIpc) is 3.21. The van der Waals surface area contributed by atoms with Crippen molar-refractivity contribution >= 4 is 35.0 Å². The van der Waals surface area contributed by atoms with Crippen LogP contribution in [0.2, 0.25) is 5.02 Å². The summed E-state index contributed by atoms with van der Waals surface area (Å²) >= 11 is 11.4. The van der Waals surface area contributed by atoms with E-state index in [0.29, 0.717) is 17.5 Å². The van der Waals surface area contributed by atoms with Crippen LogP contribution in [-0.4, -0.2) is 41.3 Å². The second-order valence-electron chi connectivity index (χ2n) is 8.10. The highest BCUT2D eigenvalue weighted by Gasteiger charge is 2.40. The largest absolute Gasteiger partial charge is 0.414 e. The normalized spacial score (nSPS) is 16.6. The Balaban J connectivity index is 1.19. The van der Waals surface area contributed by atoms with Crippen molar-refractivity contribution in [2.45, 2.75) is 31.4 Å². The van der Waals surface area contributed by atoms with Gasteiger partial charge in [0.2, 0.25) is 5.88 Å². The van der Waals surface area contributed by atoms with Crippen molar-refractivity contribution in [3.8, 4) is 0 Å². The number of piperidine rings is 1. The molecule has 1 amide bonds. The minimum Gasteiger partial charge on any atom is -0.392 e. The summed E-state index contributed by atoms with van der Waals surface area (Å²) in [6.45, 7) is 2.65. The molecular formula is C24H27ClN4O3S. The zero-order valence-corrected chi connectivity index (χ0v) is 19.8. The first-order valence-corrected chi connectivity index (χ1v) is 11.7. The summed E-state index contributed by atoms with van der Waals surface area (Å²) < 4.78 is 5.35. The number of hydroxylamine groups is 1. The van der Waals surface area contributed by atoms with Gasteiger partial charge in [-0.3, -0.25) is 4.84 Å². The number of amides is 1. The van der Waals surface area contributed by atoms with E-state index in [9.17, 15) is 4.79 Å². The lowest BCUT2D eigenvalue weighted by molar-refractivity contribution is -0.0742. The Morgan fingerprint density at radius 3 is 2.55 bits per heavy atom. The summed E-state index contributed by atoms with van der Waals surface area (Å²) in [6.07, 6.45) is 3.69. The van der Waals surface area contributed by atoms with Crippen LogP contribution in [0, 0.1) is 0 Å². The van der Waals surface area contributed by atoms with E-state index in [1.54, 1.807) is 12.1 Å². The van der Waals surface area contributed by atoms with E-state index < -0.39 is 11.7 Å². The van der Waals surface area contributed by atoms with Crippen LogP contribution in [0.5, 0.6) is 0 Å². The van der Waals surface area contributed by atoms with E-state index in [0.717, 1.165) is 49.6 Å². The van der Waals surface area contributed by atoms with Crippen molar-refractivity contribution in [3.05, 3.63) is 82.7 Å². The van der Waals surface area contributed by atoms with Gasteiger partial charge in [0.15, 0.2) is 5.11 Å². The van der Waals surface area contributed by atoms with E-state index in [4.69, 9.17) is 33.4 Å². The van der Waals surface area contributed by atoms with E-state index in [1.807, 2.05) is 36.4 Å². The van der Waals surface area contributed by atoms with Gasteiger partial charge in [-0.2, -0.15) is 0 Å². The van der Waals surface area contributed by atoms with Crippen molar-refractivity contribution in [1.82, 2.24) is 21.0 Å². The Labute approximate surface area is 204 Å². The molecule has 0 bridgehead atoms. The molecule has 4 rings (SSSR count). The average molecular weight is 487 g/mol. The van der Waals surface area contributed by atoms with Crippen LogP contribution in [-0.2, 0) is 22.5 Å². The molecule has 2 aromatic rings. The number of rotatable bonds is 6. The first-order valence-electron chi connectivity index (χ1n) is 11.0. The van der Waals surface area contributed by atoms with Gasteiger partial charge in [0.05, 0.1) is 0 Å². The fourth-order valence-corrected chi connectivity index (χ4v) is 4.23. The van der Waals surface area contributed by atoms with Crippen LogP contribution in [0.4, 0.5) is 4.79 Å². The van der Waals surface area contributed by atoms with Crippen molar-refractivity contribution < 1.29 is 14.4 Å². The zero-order chi connectivity index (χ0) is 23.1. The van der Waals surface area contributed by atoms with Crippen molar-refractivity contribution in [3.63, 3.8) is 0 Å². The summed E-state index contributed by atoms with van der Waals surface area (Å²) in [5.41, 5.74) is 4.46. The predicted octanol–water partition coefficient (Wildman–Crippen LogP) is 3.89. The van der Waals surface area contributed by atoms with Gasteiger partial charge in [-0.05, 0) is 41.9 Å². The summed E-state index contributed by atoms with van der Waals surface area (Å²) in [5.74, 6) is 0.306. The molecule has 0 saturated carbocycles. The summed E-state index contributed by atoms with van der Waals surface area (Å²) in [6, 6.07) is 17.6. The second kappa shape index (κ2) is 10.9. The summed E-state index contributed by atoms with van der Waals surface area (Å²) in [4.78, 5) is 20.1.